The highest BCUT2D eigenvalue weighted by Crippen LogP contribution is 2.27. The van der Waals surface area contributed by atoms with E-state index in [4.69, 9.17) is 0 Å². The van der Waals surface area contributed by atoms with E-state index in [1.165, 1.54) is 37.9 Å². The van der Waals surface area contributed by atoms with Gasteiger partial charge in [-0.25, -0.2) is 8.78 Å². The number of hydrogen-bond donors (Lipinski definition) is 1. The molecule has 2 nitrogen and oxygen atoms in total. The fraction of sp³-hybridized carbons (Fsp3) is 0.600. The van der Waals surface area contributed by atoms with E-state index in [1.54, 1.807) is 0 Å². The van der Waals surface area contributed by atoms with Crippen LogP contribution in [0.25, 0.3) is 0 Å². The Balaban J connectivity index is 1.61. The third kappa shape index (κ3) is 2.79. The zero-order chi connectivity index (χ0) is 13.2. The third-order valence-corrected chi connectivity index (χ3v) is 4.42. The van der Waals surface area contributed by atoms with Gasteiger partial charge in [0, 0.05) is 30.7 Å². The molecule has 0 saturated carbocycles. The molecule has 2 fully saturated rings. The van der Waals surface area contributed by atoms with Crippen molar-refractivity contribution in [2.24, 2.45) is 0 Å². The van der Waals surface area contributed by atoms with Crippen molar-refractivity contribution in [3.05, 3.63) is 35.4 Å². The van der Waals surface area contributed by atoms with Crippen molar-refractivity contribution >= 4 is 0 Å². The first-order valence-corrected chi connectivity index (χ1v) is 7.15. The van der Waals surface area contributed by atoms with Crippen molar-refractivity contribution in [3.63, 3.8) is 0 Å². The molecule has 2 saturated heterocycles. The summed E-state index contributed by atoms with van der Waals surface area (Å²) in [4.78, 5) is 2.53. The van der Waals surface area contributed by atoms with Gasteiger partial charge < -0.3 is 5.32 Å². The number of benzene rings is 1. The Hall–Kier alpha value is -1.00. The lowest BCUT2D eigenvalue weighted by atomic mass is 9.99. The topological polar surface area (TPSA) is 15.3 Å². The summed E-state index contributed by atoms with van der Waals surface area (Å²) in [6.45, 7) is 2.74. The number of nitrogens with one attached hydrogen (secondary N) is 1. The van der Waals surface area contributed by atoms with Crippen LogP contribution in [0.2, 0.25) is 0 Å². The van der Waals surface area contributed by atoms with Gasteiger partial charge >= 0.3 is 0 Å². The average molecular weight is 266 g/mol. The third-order valence-electron chi connectivity index (χ3n) is 4.42. The van der Waals surface area contributed by atoms with Gasteiger partial charge in [-0.15, -0.1) is 0 Å². The van der Waals surface area contributed by atoms with Crippen LogP contribution in [-0.4, -0.2) is 30.1 Å². The molecule has 0 radical (unpaired) electrons. The highest BCUT2D eigenvalue weighted by molar-refractivity contribution is 5.18. The maximum absolute atomic E-state index is 13.6. The number of piperidine rings is 1. The smallest absolute Gasteiger partial charge is 0.127 e. The second kappa shape index (κ2) is 5.55. The number of halogens is 2. The second-order valence-electron chi connectivity index (χ2n) is 5.61. The van der Waals surface area contributed by atoms with Gasteiger partial charge in [0.15, 0.2) is 0 Å². The van der Waals surface area contributed by atoms with Crippen molar-refractivity contribution < 1.29 is 8.78 Å². The summed E-state index contributed by atoms with van der Waals surface area (Å²) in [6.07, 6.45) is 4.92. The van der Waals surface area contributed by atoms with Gasteiger partial charge in [0.25, 0.3) is 0 Å². The van der Waals surface area contributed by atoms with Crippen LogP contribution in [0.4, 0.5) is 8.78 Å². The van der Waals surface area contributed by atoms with Crippen LogP contribution >= 0.6 is 0 Å². The van der Waals surface area contributed by atoms with E-state index in [9.17, 15) is 8.78 Å². The molecule has 1 aromatic carbocycles. The van der Waals surface area contributed by atoms with Crippen molar-refractivity contribution in [3.8, 4) is 0 Å². The second-order valence-corrected chi connectivity index (χ2v) is 5.61. The summed E-state index contributed by atoms with van der Waals surface area (Å²) in [6, 6.07) is 4.66. The first-order valence-electron chi connectivity index (χ1n) is 7.15. The van der Waals surface area contributed by atoms with E-state index < -0.39 is 0 Å². The minimum absolute atomic E-state index is 0.326. The lowest BCUT2D eigenvalue weighted by molar-refractivity contribution is 0.180. The van der Waals surface area contributed by atoms with E-state index in [2.05, 4.69) is 10.2 Å². The molecule has 2 aliphatic heterocycles. The van der Waals surface area contributed by atoms with Gasteiger partial charge in [-0.2, -0.15) is 0 Å². The predicted octanol–water partition coefficient (Wildman–Crippen LogP) is 2.68. The van der Waals surface area contributed by atoms with Crippen LogP contribution in [-0.2, 0) is 6.54 Å². The Labute approximate surface area is 112 Å². The summed E-state index contributed by atoms with van der Waals surface area (Å²) in [7, 11) is 0. The van der Waals surface area contributed by atoms with Gasteiger partial charge in [-0.3, -0.25) is 4.90 Å². The Morgan fingerprint density at radius 1 is 1.16 bits per heavy atom. The molecule has 2 aliphatic rings. The summed E-state index contributed by atoms with van der Waals surface area (Å²) in [5.74, 6) is -0.698. The first kappa shape index (κ1) is 13.0. The summed E-state index contributed by atoms with van der Waals surface area (Å²) < 4.78 is 26.7. The molecule has 0 amide bonds. The average Bonchev–Trinajstić information content (AvgIpc) is 2.83. The summed E-state index contributed by atoms with van der Waals surface area (Å²) >= 11 is 0. The molecule has 0 spiro atoms. The van der Waals surface area contributed by atoms with E-state index in [0.29, 0.717) is 24.2 Å². The minimum Gasteiger partial charge on any atom is -0.308 e. The standard InChI is InChI=1S/C15H20F2N2/c16-12-4-5-13(17)11(9-12)10-18-14-6-8-19-7-2-1-3-15(14)19/h4-5,9,14-15,18H,1-3,6-8,10H2. The Bertz CT molecular complexity index is 450. The quantitative estimate of drug-likeness (QED) is 0.905. The monoisotopic (exact) mass is 266 g/mol. The van der Waals surface area contributed by atoms with Crippen LogP contribution in [0.5, 0.6) is 0 Å². The summed E-state index contributed by atoms with van der Waals surface area (Å²) in [5, 5.41) is 3.42. The molecule has 0 bridgehead atoms. The lowest BCUT2D eigenvalue weighted by Crippen LogP contribution is -2.44. The van der Waals surface area contributed by atoms with Crippen LogP contribution in [0, 0.1) is 11.6 Å². The molecule has 0 aromatic heterocycles. The maximum atomic E-state index is 13.6. The van der Waals surface area contributed by atoms with Gasteiger partial charge in [0.1, 0.15) is 11.6 Å². The molecule has 3 rings (SSSR count). The molecule has 2 heterocycles. The molecule has 104 valence electrons. The maximum Gasteiger partial charge on any atom is 0.127 e. The molecule has 19 heavy (non-hydrogen) atoms. The summed E-state index contributed by atoms with van der Waals surface area (Å²) in [5.41, 5.74) is 0.425. The van der Waals surface area contributed by atoms with Crippen molar-refractivity contribution in [1.29, 1.82) is 0 Å². The van der Waals surface area contributed by atoms with Gasteiger partial charge in [0.05, 0.1) is 0 Å². The molecule has 0 aliphatic carbocycles. The molecule has 4 heteroatoms. The Morgan fingerprint density at radius 3 is 2.95 bits per heavy atom. The largest absolute Gasteiger partial charge is 0.308 e. The Kier molecular flexibility index (Phi) is 3.80. The van der Waals surface area contributed by atoms with Gasteiger partial charge in [-0.05, 0) is 44.0 Å². The van der Waals surface area contributed by atoms with E-state index >= 15 is 0 Å². The minimum atomic E-state index is -0.371. The number of rotatable bonds is 3. The number of nitrogens with zero attached hydrogens (tertiary/aromatic N) is 1. The lowest BCUT2D eigenvalue weighted by Gasteiger charge is -2.32. The van der Waals surface area contributed by atoms with Crippen LogP contribution < -0.4 is 5.32 Å². The highest BCUT2D eigenvalue weighted by Gasteiger charge is 2.34. The van der Waals surface area contributed by atoms with E-state index in [0.717, 1.165) is 19.0 Å². The van der Waals surface area contributed by atoms with Crippen LogP contribution in [0.1, 0.15) is 31.2 Å². The van der Waals surface area contributed by atoms with Crippen molar-refractivity contribution in [2.75, 3.05) is 13.1 Å². The number of hydrogen-bond acceptors (Lipinski definition) is 2. The first-order chi connectivity index (χ1) is 9.24. The fourth-order valence-corrected chi connectivity index (χ4v) is 3.41. The van der Waals surface area contributed by atoms with Crippen molar-refractivity contribution in [1.82, 2.24) is 10.2 Å². The fourth-order valence-electron chi connectivity index (χ4n) is 3.41. The normalized spacial score (nSPS) is 27.5. The molecule has 1 N–H and O–H groups in total. The molecule has 1 aromatic rings. The molecular weight excluding hydrogens is 246 g/mol. The van der Waals surface area contributed by atoms with Gasteiger partial charge in [0.2, 0.25) is 0 Å². The van der Waals surface area contributed by atoms with Gasteiger partial charge in [-0.1, -0.05) is 6.42 Å². The Morgan fingerprint density at radius 2 is 2.05 bits per heavy atom. The molecule has 2 unspecified atom stereocenters. The van der Waals surface area contributed by atoms with Crippen molar-refractivity contribution in [2.45, 2.75) is 44.3 Å². The SMILES string of the molecule is Fc1ccc(F)c(CNC2CCN3CCCCC23)c1. The highest BCUT2D eigenvalue weighted by atomic mass is 19.1. The predicted molar refractivity (Wildman–Crippen MR) is 70.8 cm³/mol. The van der Waals surface area contributed by atoms with Crippen LogP contribution in [0.15, 0.2) is 18.2 Å². The number of fused-ring (bicyclic) bond motifs is 1. The van der Waals surface area contributed by atoms with E-state index in [-0.39, 0.29) is 11.6 Å². The molecular formula is C15H20F2N2. The zero-order valence-electron chi connectivity index (χ0n) is 11.0. The zero-order valence-corrected chi connectivity index (χ0v) is 11.0. The van der Waals surface area contributed by atoms with Crippen LogP contribution in [0.3, 0.4) is 0 Å². The molecule has 2 atom stereocenters. The van der Waals surface area contributed by atoms with E-state index in [1.807, 2.05) is 0 Å².